The van der Waals surface area contributed by atoms with E-state index >= 15 is 0 Å². The topological polar surface area (TPSA) is 56.9 Å². The Bertz CT molecular complexity index is 862. The molecule has 4 rings (SSSR count). The first-order valence-corrected chi connectivity index (χ1v) is 7.70. The molecule has 1 amide bonds. The number of nitrogens with one attached hydrogen (secondary N) is 3. The molecule has 3 N–H and O–H groups in total. The predicted octanol–water partition coefficient (Wildman–Crippen LogP) is 3.70. The molecule has 1 aliphatic rings. The van der Waals surface area contributed by atoms with Crippen molar-refractivity contribution in [2.75, 3.05) is 5.32 Å². The number of anilines is 1. The van der Waals surface area contributed by atoms with Crippen LogP contribution in [-0.4, -0.2) is 10.9 Å². The van der Waals surface area contributed by atoms with Crippen molar-refractivity contribution in [3.05, 3.63) is 52.0 Å². The van der Waals surface area contributed by atoms with Crippen molar-refractivity contribution in [1.82, 2.24) is 10.3 Å². The number of hydrogen-bond donors (Lipinski definition) is 3. The third-order valence-corrected chi connectivity index (χ3v) is 5.23. The number of aryl methyl sites for hydroxylation is 1. The Kier molecular flexibility index (Phi) is 2.59. The van der Waals surface area contributed by atoms with Gasteiger partial charge in [-0.3, -0.25) is 4.79 Å². The van der Waals surface area contributed by atoms with Gasteiger partial charge < -0.3 is 15.6 Å². The van der Waals surface area contributed by atoms with E-state index in [1.165, 1.54) is 4.88 Å². The highest BCUT2D eigenvalue weighted by atomic mass is 32.1. The van der Waals surface area contributed by atoms with Crippen LogP contribution in [0.3, 0.4) is 0 Å². The summed E-state index contributed by atoms with van der Waals surface area (Å²) in [7, 11) is 0. The lowest BCUT2D eigenvalue weighted by atomic mass is 10.1. The minimum atomic E-state index is -0.196. The number of para-hydroxylation sites is 1. The maximum Gasteiger partial charge on any atom is 0.256 e. The van der Waals surface area contributed by atoms with Crippen LogP contribution in [0.4, 0.5) is 5.00 Å². The van der Waals surface area contributed by atoms with Crippen molar-refractivity contribution in [3.63, 3.8) is 0 Å². The van der Waals surface area contributed by atoms with Gasteiger partial charge in [0, 0.05) is 27.5 Å². The van der Waals surface area contributed by atoms with E-state index in [1.54, 1.807) is 11.3 Å². The smallest absolute Gasteiger partial charge is 0.256 e. The van der Waals surface area contributed by atoms with E-state index in [-0.39, 0.29) is 12.1 Å². The van der Waals surface area contributed by atoms with Crippen LogP contribution in [0.15, 0.2) is 30.5 Å². The molecule has 0 saturated carbocycles. The number of thiophene rings is 1. The standard InChI is InChI=1S/C16H15N3OS/c1-8-9(2)21-16-13(8)15(20)18-14(19-16)11-7-17-12-6-4-3-5-10(11)12/h3-7,14,17,19H,1-2H3,(H,18,20)/t14-/m1/s1. The van der Waals surface area contributed by atoms with E-state index in [1.807, 2.05) is 38.2 Å². The van der Waals surface area contributed by atoms with Crippen molar-refractivity contribution in [2.45, 2.75) is 20.0 Å². The summed E-state index contributed by atoms with van der Waals surface area (Å²) in [4.78, 5) is 16.8. The number of rotatable bonds is 1. The molecule has 2 aromatic heterocycles. The first-order valence-electron chi connectivity index (χ1n) is 6.88. The minimum Gasteiger partial charge on any atom is -0.361 e. The highest BCUT2D eigenvalue weighted by molar-refractivity contribution is 7.16. The summed E-state index contributed by atoms with van der Waals surface area (Å²) in [5.41, 5.74) is 3.99. The molecule has 0 saturated heterocycles. The van der Waals surface area contributed by atoms with Crippen LogP contribution >= 0.6 is 11.3 Å². The number of hydrogen-bond acceptors (Lipinski definition) is 3. The fourth-order valence-electron chi connectivity index (χ4n) is 2.86. The van der Waals surface area contributed by atoms with Gasteiger partial charge in [0.2, 0.25) is 0 Å². The Morgan fingerprint density at radius 2 is 1.95 bits per heavy atom. The van der Waals surface area contributed by atoms with Gasteiger partial charge in [0.25, 0.3) is 5.91 Å². The summed E-state index contributed by atoms with van der Waals surface area (Å²) in [6.07, 6.45) is 1.76. The summed E-state index contributed by atoms with van der Waals surface area (Å²) in [5.74, 6) is 0.000816. The Labute approximate surface area is 126 Å². The average Bonchev–Trinajstić information content (AvgIpc) is 3.01. The lowest BCUT2D eigenvalue weighted by molar-refractivity contribution is 0.0936. The molecule has 0 aliphatic carbocycles. The van der Waals surface area contributed by atoms with Gasteiger partial charge in [0.05, 0.1) is 5.56 Å². The van der Waals surface area contributed by atoms with Gasteiger partial charge >= 0.3 is 0 Å². The summed E-state index contributed by atoms with van der Waals surface area (Å²) >= 11 is 1.64. The Morgan fingerprint density at radius 3 is 2.81 bits per heavy atom. The number of aromatic amines is 1. The molecule has 106 valence electrons. The van der Waals surface area contributed by atoms with Crippen molar-refractivity contribution in [3.8, 4) is 0 Å². The lowest BCUT2D eigenvalue weighted by Crippen LogP contribution is -2.37. The molecular formula is C16H15N3OS. The van der Waals surface area contributed by atoms with Crippen LogP contribution in [0.1, 0.15) is 32.5 Å². The molecule has 1 aliphatic heterocycles. The number of benzene rings is 1. The molecule has 3 heterocycles. The maximum atomic E-state index is 12.4. The number of carbonyl (C=O) groups excluding carboxylic acids is 1. The maximum absolute atomic E-state index is 12.4. The van der Waals surface area contributed by atoms with Gasteiger partial charge in [-0.05, 0) is 25.5 Å². The highest BCUT2D eigenvalue weighted by Gasteiger charge is 2.29. The van der Waals surface area contributed by atoms with Crippen molar-refractivity contribution < 1.29 is 4.79 Å². The van der Waals surface area contributed by atoms with E-state index in [0.717, 1.165) is 32.6 Å². The summed E-state index contributed by atoms with van der Waals surface area (Å²) in [5, 5.41) is 8.60. The predicted molar refractivity (Wildman–Crippen MR) is 85.9 cm³/mol. The van der Waals surface area contributed by atoms with E-state index in [4.69, 9.17) is 0 Å². The van der Waals surface area contributed by atoms with Gasteiger partial charge in [-0.25, -0.2) is 0 Å². The summed E-state index contributed by atoms with van der Waals surface area (Å²) < 4.78 is 0. The minimum absolute atomic E-state index is 0.000816. The number of amides is 1. The monoisotopic (exact) mass is 297 g/mol. The van der Waals surface area contributed by atoms with Crippen LogP contribution in [0.5, 0.6) is 0 Å². The normalized spacial score (nSPS) is 17.4. The molecule has 1 atom stereocenters. The lowest BCUT2D eigenvalue weighted by Gasteiger charge is -2.25. The SMILES string of the molecule is Cc1sc2c(c1C)C(=O)N[C@@H](c1c[nH]c3ccccc13)N2. The fourth-order valence-corrected chi connectivity index (χ4v) is 3.95. The third kappa shape index (κ3) is 1.77. The van der Waals surface area contributed by atoms with Crippen LogP contribution in [0.25, 0.3) is 10.9 Å². The highest BCUT2D eigenvalue weighted by Crippen LogP contribution is 2.38. The largest absolute Gasteiger partial charge is 0.361 e. The van der Waals surface area contributed by atoms with Gasteiger partial charge in [-0.1, -0.05) is 18.2 Å². The fraction of sp³-hybridized carbons (Fsp3) is 0.188. The van der Waals surface area contributed by atoms with Gasteiger partial charge in [-0.15, -0.1) is 11.3 Å². The molecular weight excluding hydrogens is 282 g/mol. The van der Waals surface area contributed by atoms with E-state index in [9.17, 15) is 4.79 Å². The number of fused-ring (bicyclic) bond motifs is 2. The van der Waals surface area contributed by atoms with E-state index < -0.39 is 0 Å². The Hall–Kier alpha value is -2.27. The second kappa shape index (κ2) is 4.36. The Morgan fingerprint density at radius 1 is 1.14 bits per heavy atom. The van der Waals surface area contributed by atoms with E-state index in [0.29, 0.717) is 0 Å². The summed E-state index contributed by atoms with van der Waals surface area (Å²) in [6, 6.07) is 8.11. The summed E-state index contributed by atoms with van der Waals surface area (Å²) in [6.45, 7) is 4.05. The molecule has 0 bridgehead atoms. The molecule has 0 fully saturated rings. The molecule has 3 aromatic rings. The van der Waals surface area contributed by atoms with Crippen LogP contribution in [-0.2, 0) is 0 Å². The Balaban J connectivity index is 1.80. The van der Waals surface area contributed by atoms with Crippen molar-refractivity contribution in [2.24, 2.45) is 0 Å². The van der Waals surface area contributed by atoms with Gasteiger partial charge in [0.15, 0.2) is 0 Å². The second-order valence-electron chi connectivity index (χ2n) is 5.33. The van der Waals surface area contributed by atoms with Gasteiger partial charge in [-0.2, -0.15) is 0 Å². The molecule has 21 heavy (non-hydrogen) atoms. The zero-order valence-corrected chi connectivity index (χ0v) is 12.6. The molecule has 0 spiro atoms. The molecule has 0 unspecified atom stereocenters. The number of carbonyl (C=O) groups is 1. The number of H-pyrrole nitrogens is 1. The molecule has 4 nitrogen and oxygen atoms in total. The van der Waals surface area contributed by atoms with Crippen LogP contribution in [0, 0.1) is 13.8 Å². The second-order valence-corrected chi connectivity index (χ2v) is 6.55. The van der Waals surface area contributed by atoms with Crippen molar-refractivity contribution >= 4 is 33.1 Å². The molecule has 0 radical (unpaired) electrons. The first kappa shape index (κ1) is 12.5. The average molecular weight is 297 g/mol. The molecule has 1 aromatic carbocycles. The zero-order valence-electron chi connectivity index (χ0n) is 11.8. The molecule has 5 heteroatoms. The van der Waals surface area contributed by atoms with Crippen molar-refractivity contribution in [1.29, 1.82) is 0 Å². The van der Waals surface area contributed by atoms with Crippen LogP contribution < -0.4 is 10.6 Å². The zero-order chi connectivity index (χ0) is 14.6. The third-order valence-electron chi connectivity index (χ3n) is 4.10. The van der Waals surface area contributed by atoms with Gasteiger partial charge in [0.1, 0.15) is 11.2 Å². The number of aromatic nitrogens is 1. The van der Waals surface area contributed by atoms with Crippen LogP contribution in [0.2, 0.25) is 0 Å². The quantitative estimate of drug-likeness (QED) is 0.641. The first-order chi connectivity index (χ1) is 10.1. The van der Waals surface area contributed by atoms with E-state index in [2.05, 4.69) is 21.7 Å².